The van der Waals surface area contributed by atoms with E-state index in [0.29, 0.717) is 5.69 Å². The Kier molecular flexibility index (Phi) is 2.74. The molecule has 0 N–H and O–H groups in total. The zero-order valence-electron chi connectivity index (χ0n) is 7.85. The van der Waals surface area contributed by atoms with E-state index in [0.717, 1.165) is 38.3 Å². The van der Waals surface area contributed by atoms with Gasteiger partial charge in [-0.3, -0.25) is 9.78 Å². The van der Waals surface area contributed by atoms with Crippen molar-refractivity contribution < 1.29 is 9.53 Å². The van der Waals surface area contributed by atoms with Crippen LogP contribution >= 0.6 is 0 Å². The van der Waals surface area contributed by atoms with Gasteiger partial charge in [-0.1, -0.05) is 0 Å². The van der Waals surface area contributed by atoms with Crippen molar-refractivity contribution in [3.05, 3.63) is 24.0 Å². The van der Waals surface area contributed by atoms with Crippen LogP contribution in [0.5, 0.6) is 0 Å². The van der Waals surface area contributed by atoms with Crippen molar-refractivity contribution in [2.45, 2.75) is 0 Å². The SMILES string of the molecule is O=Cc1ccc(N2CCOCC2)cn1. The first-order valence-electron chi connectivity index (χ1n) is 4.64. The maximum absolute atomic E-state index is 10.4. The van der Waals surface area contributed by atoms with Crippen LogP contribution in [-0.2, 0) is 4.74 Å². The molecule has 2 rings (SSSR count). The third-order valence-corrected chi connectivity index (χ3v) is 2.27. The van der Waals surface area contributed by atoms with Crippen LogP contribution in [0.15, 0.2) is 18.3 Å². The van der Waals surface area contributed by atoms with Gasteiger partial charge >= 0.3 is 0 Å². The van der Waals surface area contributed by atoms with E-state index in [4.69, 9.17) is 4.74 Å². The highest BCUT2D eigenvalue weighted by atomic mass is 16.5. The molecule has 0 bridgehead atoms. The van der Waals surface area contributed by atoms with E-state index in [1.165, 1.54) is 0 Å². The fourth-order valence-corrected chi connectivity index (χ4v) is 1.48. The Balaban J connectivity index is 2.11. The molecule has 14 heavy (non-hydrogen) atoms. The summed E-state index contributed by atoms with van der Waals surface area (Å²) >= 11 is 0. The number of morpholine rings is 1. The van der Waals surface area contributed by atoms with Crippen LogP contribution < -0.4 is 4.90 Å². The molecule has 0 amide bonds. The number of aromatic nitrogens is 1. The van der Waals surface area contributed by atoms with E-state index in [1.54, 1.807) is 12.3 Å². The van der Waals surface area contributed by atoms with E-state index >= 15 is 0 Å². The number of aldehydes is 1. The highest BCUT2D eigenvalue weighted by Gasteiger charge is 2.10. The molecule has 1 aliphatic rings. The standard InChI is InChI=1S/C10H12N2O2/c13-8-9-1-2-10(7-11-9)12-3-5-14-6-4-12/h1-2,7-8H,3-6H2. The molecule has 1 saturated heterocycles. The van der Waals surface area contributed by atoms with Gasteiger partial charge in [-0.05, 0) is 12.1 Å². The van der Waals surface area contributed by atoms with Gasteiger partial charge in [0.25, 0.3) is 0 Å². The normalized spacial score (nSPS) is 16.7. The molecule has 74 valence electrons. The summed E-state index contributed by atoms with van der Waals surface area (Å²) in [5.74, 6) is 0. The monoisotopic (exact) mass is 192 g/mol. The molecule has 1 fully saturated rings. The molecule has 1 aromatic rings. The van der Waals surface area contributed by atoms with E-state index in [9.17, 15) is 4.79 Å². The number of hydrogen-bond donors (Lipinski definition) is 0. The Hall–Kier alpha value is -1.42. The number of carbonyl (C=O) groups excluding carboxylic acids is 1. The van der Waals surface area contributed by atoms with Gasteiger partial charge in [0.2, 0.25) is 0 Å². The van der Waals surface area contributed by atoms with Crippen molar-refractivity contribution in [3.63, 3.8) is 0 Å². The maximum Gasteiger partial charge on any atom is 0.168 e. The second kappa shape index (κ2) is 4.19. The Morgan fingerprint density at radius 3 is 2.71 bits per heavy atom. The molecule has 0 aromatic carbocycles. The average molecular weight is 192 g/mol. The summed E-state index contributed by atoms with van der Waals surface area (Å²) in [7, 11) is 0. The lowest BCUT2D eigenvalue weighted by Gasteiger charge is -2.28. The number of rotatable bonds is 2. The quantitative estimate of drug-likeness (QED) is 0.648. The van der Waals surface area contributed by atoms with Crippen LogP contribution in [-0.4, -0.2) is 37.6 Å². The molecular formula is C10H12N2O2. The largest absolute Gasteiger partial charge is 0.378 e. The molecule has 4 nitrogen and oxygen atoms in total. The summed E-state index contributed by atoms with van der Waals surface area (Å²) in [6.45, 7) is 3.30. The summed E-state index contributed by atoms with van der Waals surface area (Å²) in [5, 5.41) is 0. The summed E-state index contributed by atoms with van der Waals surface area (Å²) in [5.41, 5.74) is 1.53. The van der Waals surface area contributed by atoms with E-state index in [1.807, 2.05) is 6.07 Å². The summed E-state index contributed by atoms with van der Waals surface area (Å²) in [4.78, 5) is 16.6. The predicted octanol–water partition coefficient (Wildman–Crippen LogP) is 0.731. The van der Waals surface area contributed by atoms with Crippen LogP contribution in [0.2, 0.25) is 0 Å². The van der Waals surface area contributed by atoms with Gasteiger partial charge < -0.3 is 9.64 Å². The van der Waals surface area contributed by atoms with Gasteiger partial charge in [-0.25, -0.2) is 0 Å². The van der Waals surface area contributed by atoms with Crippen molar-refractivity contribution in [2.75, 3.05) is 31.2 Å². The number of hydrogen-bond acceptors (Lipinski definition) is 4. The third kappa shape index (κ3) is 1.90. The summed E-state index contributed by atoms with van der Waals surface area (Å²) in [6.07, 6.45) is 2.48. The van der Waals surface area contributed by atoms with Crippen molar-refractivity contribution >= 4 is 12.0 Å². The first kappa shape index (κ1) is 9.15. The molecule has 0 unspecified atom stereocenters. The van der Waals surface area contributed by atoms with E-state index < -0.39 is 0 Å². The summed E-state index contributed by atoms with van der Waals surface area (Å²) in [6, 6.07) is 3.65. The second-order valence-corrected chi connectivity index (χ2v) is 3.16. The lowest BCUT2D eigenvalue weighted by Crippen LogP contribution is -2.36. The third-order valence-electron chi connectivity index (χ3n) is 2.27. The molecule has 0 saturated carbocycles. The minimum Gasteiger partial charge on any atom is -0.378 e. The fourth-order valence-electron chi connectivity index (χ4n) is 1.48. The van der Waals surface area contributed by atoms with Gasteiger partial charge in [0, 0.05) is 13.1 Å². The Morgan fingerprint density at radius 2 is 2.14 bits per heavy atom. The van der Waals surface area contributed by atoms with Crippen LogP contribution in [0.4, 0.5) is 5.69 Å². The van der Waals surface area contributed by atoms with Gasteiger partial charge in [-0.2, -0.15) is 0 Å². The first-order chi connectivity index (χ1) is 6.90. The topological polar surface area (TPSA) is 42.4 Å². The Labute approximate surface area is 82.5 Å². The molecule has 0 aliphatic carbocycles. The predicted molar refractivity (Wildman–Crippen MR) is 52.7 cm³/mol. The number of carbonyl (C=O) groups is 1. The number of anilines is 1. The first-order valence-corrected chi connectivity index (χ1v) is 4.64. The second-order valence-electron chi connectivity index (χ2n) is 3.16. The molecular weight excluding hydrogens is 180 g/mol. The molecule has 2 heterocycles. The Morgan fingerprint density at radius 1 is 1.36 bits per heavy atom. The molecule has 0 radical (unpaired) electrons. The van der Waals surface area contributed by atoms with E-state index in [-0.39, 0.29) is 0 Å². The molecule has 0 atom stereocenters. The lowest BCUT2D eigenvalue weighted by molar-refractivity contribution is 0.111. The van der Waals surface area contributed by atoms with Crippen LogP contribution in [0, 0.1) is 0 Å². The maximum atomic E-state index is 10.4. The number of pyridine rings is 1. The van der Waals surface area contributed by atoms with Crippen LogP contribution in [0.25, 0.3) is 0 Å². The minimum absolute atomic E-state index is 0.474. The minimum atomic E-state index is 0.474. The van der Waals surface area contributed by atoms with Gasteiger partial charge in [0.15, 0.2) is 6.29 Å². The summed E-state index contributed by atoms with van der Waals surface area (Å²) < 4.78 is 5.25. The Bertz CT molecular complexity index is 304. The molecule has 4 heteroatoms. The smallest absolute Gasteiger partial charge is 0.168 e. The van der Waals surface area contributed by atoms with E-state index in [2.05, 4.69) is 9.88 Å². The highest BCUT2D eigenvalue weighted by Crippen LogP contribution is 2.13. The van der Waals surface area contributed by atoms with Gasteiger partial charge in [0.05, 0.1) is 25.1 Å². The molecule has 1 aliphatic heterocycles. The van der Waals surface area contributed by atoms with Crippen LogP contribution in [0.1, 0.15) is 10.5 Å². The molecule has 0 spiro atoms. The van der Waals surface area contributed by atoms with Gasteiger partial charge in [-0.15, -0.1) is 0 Å². The van der Waals surface area contributed by atoms with Crippen molar-refractivity contribution in [2.24, 2.45) is 0 Å². The van der Waals surface area contributed by atoms with Crippen molar-refractivity contribution in [1.82, 2.24) is 4.98 Å². The lowest BCUT2D eigenvalue weighted by atomic mass is 10.3. The van der Waals surface area contributed by atoms with Crippen LogP contribution in [0.3, 0.4) is 0 Å². The van der Waals surface area contributed by atoms with Gasteiger partial charge in [0.1, 0.15) is 5.69 Å². The highest BCUT2D eigenvalue weighted by molar-refractivity contribution is 5.72. The zero-order chi connectivity index (χ0) is 9.80. The zero-order valence-corrected chi connectivity index (χ0v) is 7.85. The number of nitrogens with zero attached hydrogens (tertiary/aromatic N) is 2. The van der Waals surface area contributed by atoms with Crippen molar-refractivity contribution in [1.29, 1.82) is 0 Å². The fraction of sp³-hybridized carbons (Fsp3) is 0.400. The average Bonchev–Trinajstić information content (AvgIpc) is 2.30. The van der Waals surface area contributed by atoms with Crippen molar-refractivity contribution in [3.8, 4) is 0 Å². The number of ether oxygens (including phenoxy) is 1. The molecule has 1 aromatic heterocycles.